The topological polar surface area (TPSA) is 84.7 Å². The van der Waals surface area contributed by atoms with Crippen LogP contribution in [0.4, 0.5) is 0 Å². The highest BCUT2D eigenvalue weighted by molar-refractivity contribution is 9.11. The second-order valence-electron chi connectivity index (χ2n) is 6.71. The minimum atomic E-state index is -1.33. The van der Waals surface area contributed by atoms with Crippen LogP contribution >= 0.6 is 38.9 Å². The van der Waals surface area contributed by atoms with Crippen LogP contribution in [-0.2, 0) is 23.3 Å². The van der Waals surface area contributed by atoms with Gasteiger partial charge in [-0.2, -0.15) is 5.26 Å². The molecule has 25 heavy (non-hydrogen) atoms. The zero-order chi connectivity index (χ0) is 18.8. The minimum Gasteiger partial charge on any atom is -0.598 e. The number of aromatic nitrogens is 2. The van der Waals surface area contributed by atoms with Gasteiger partial charge in [-0.3, -0.25) is 0 Å². The van der Waals surface area contributed by atoms with Crippen molar-refractivity contribution in [1.29, 1.82) is 5.26 Å². The Morgan fingerprint density at radius 1 is 1.44 bits per heavy atom. The molecule has 2 aromatic heterocycles. The highest BCUT2D eigenvalue weighted by Gasteiger charge is 2.40. The summed E-state index contributed by atoms with van der Waals surface area (Å²) in [5.41, 5.74) is 0.217. The van der Waals surface area contributed by atoms with E-state index in [9.17, 15) is 9.81 Å². The molecule has 2 atom stereocenters. The van der Waals surface area contributed by atoms with Gasteiger partial charge < -0.3 is 4.55 Å². The van der Waals surface area contributed by atoms with Crippen molar-refractivity contribution in [3.63, 3.8) is 0 Å². The summed E-state index contributed by atoms with van der Waals surface area (Å²) in [7, 11) is 0. The summed E-state index contributed by atoms with van der Waals surface area (Å²) in [6, 6.07) is 3.92. The molecule has 0 aliphatic carbocycles. The summed E-state index contributed by atoms with van der Waals surface area (Å²) in [6.45, 7) is 7.61. The van der Waals surface area contributed by atoms with Gasteiger partial charge >= 0.3 is 0 Å². The van der Waals surface area contributed by atoms with Crippen molar-refractivity contribution < 1.29 is 4.55 Å². The fourth-order valence-electron chi connectivity index (χ4n) is 2.16. The molecule has 0 spiro atoms. The van der Waals surface area contributed by atoms with E-state index in [1.807, 2.05) is 33.8 Å². The van der Waals surface area contributed by atoms with Crippen LogP contribution in [0.3, 0.4) is 0 Å². The van der Waals surface area contributed by atoms with E-state index in [0.717, 1.165) is 8.66 Å². The van der Waals surface area contributed by atoms with Crippen LogP contribution in [0, 0.1) is 11.3 Å². The van der Waals surface area contributed by atoms with Gasteiger partial charge in [0.1, 0.15) is 22.7 Å². The Kier molecular flexibility index (Phi) is 6.52. The maximum absolute atomic E-state index is 12.8. The lowest BCUT2D eigenvalue weighted by molar-refractivity contribution is 0.421. The zero-order valence-electron chi connectivity index (χ0n) is 14.3. The minimum absolute atomic E-state index is 0.354. The average molecular weight is 462 g/mol. The van der Waals surface area contributed by atoms with Crippen molar-refractivity contribution in [1.82, 2.24) is 14.7 Å². The normalized spacial score (nSPS) is 15.4. The maximum Gasteiger partial charge on any atom is 0.136 e. The first-order valence-electron chi connectivity index (χ1n) is 7.41. The third-order valence-corrected chi connectivity index (χ3v) is 7.53. The van der Waals surface area contributed by atoms with Crippen molar-refractivity contribution >= 4 is 50.2 Å². The second-order valence-corrected chi connectivity index (χ2v) is 11.5. The third kappa shape index (κ3) is 4.94. The molecule has 0 radical (unpaired) electrons. The number of halogens is 2. The van der Waals surface area contributed by atoms with Crippen LogP contribution in [0.2, 0.25) is 5.02 Å². The summed E-state index contributed by atoms with van der Waals surface area (Å²) in [5.74, 6) is 0. The molecule has 2 rings (SSSR count). The van der Waals surface area contributed by atoms with E-state index >= 15 is 0 Å². The predicted molar refractivity (Wildman–Crippen MR) is 106 cm³/mol. The lowest BCUT2D eigenvalue weighted by atomic mass is 9.93. The number of thiophene rings is 1. The fraction of sp³-hybridized carbons (Fsp3) is 0.438. The van der Waals surface area contributed by atoms with E-state index in [1.165, 1.54) is 23.9 Å². The molecule has 2 heterocycles. The van der Waals surface area contributed by atoms with Crippen molar-refractivity contribution in [3.8, 4) is 6.07 Å². The van der Waals surface area contributed by atoms with Crippen LogP contribution in [0.25, 0.3) is 0 Å². The number of nitrogens with zero attached hydrogens (tertiary/aromatic N) is 3. The molecule has 0 aliphatic rings. The van der Waals surface area contributed by atoms with Gasteiger partial charge in [0.05, 0.1) is 20.1 Å². The Morgan fingerprint density at radius 2 is 2.12 bits per heavy atom. The number of hydrogen-bond acceptors (Lipinski definition) is 6. The van der Waals surface area contributed by atoms with E-state index in [4.69, 9.17) is 11.6 Å². The first-order chi connectivity index (χ1) is 11.6. The van der Waals surface area contributed by atoms with Crippen molar-refractivity contribution in [3.05, 3.63) is 43.5 Å². The van der Waals surface area contributed by atoms with Gasteiger partial charge in [-0.05, 0) is 49.7 Å². The molecule has 0 aliphatic heterocycles. The predicted octanol–water partition coefficient (Wildman–Crippen LogP) is 4.34. The second kappa shape index (κ2) is 7.91. The monoisotopic (exact) mass is 460 g/mol. The molecule has 1 N–H and O–H groups in total. The molecule has 0 saturated heterocycles. The van der Waals surface area contributed by atoms with E-state index in [-0.39, 0.29) is 0 Å². The Balaban J connectivity index is 2.49. The molecule has 5 nitrogen and oxygen atoms in total. The molecule has 0 saturated carbocycles. The summed E-state index contributed by atoms with van der Waals surface area (Å²) < 4.78 is 16.4. The molecule has 0 bridgehead atoms. The molecule has 134 valence electrons. The van der Waals surface area contributed by atoms with Gasteiger partial charge in [-0.1, -0.05) is 11.6 Å². The fourth-order valence-corrected chi connectivity index (χ4v) is 5.34. The zero-order valence-corrected chi connectivity index (χ0v) is 18.2. The molecule has 9 heteroatoms. The Labute approximate surface area is 168 Å². The Bertz CT molecular complexity index is 802. The maximum atomic E-state index is 12.8. The first-order valence-corrected chi connectivity index (χ1v) is 10.5. The molecular weight excluding hydrogens is 444 g/mol. The van der Waals surface area contributed by atoms with Gasteiger partial charge in [0.15, 0.2) is 0 Å². The molecule has 0 aromatic carbocycles. The average Bonchev–Trinajstić information content (AvgIpc) is 2.86. The van der Waals surface area contributed by atoms with Crippen molar-refractivity contribution in [2.45, 2.75) is 44.4 Å². The molecule has 1 unspecified atom stereocenters. The lowest BCUT2D eigenvalue weighted by Crippen LogP contribution is -2.51. The van der Waals surface area contributed by atoms with Crippen LogP contribution in [-0.4, -0.2) is 19.3 Å². The summed E-state index contributed by atoms with van der Waals surface area (Å²) in [5, 5.41) is 9.89. The summed E-state index contributed by atoms with van der Waals surface area (Å²) in [4.78, 5) is 8.97. The lowest BCUT2D eigenvalue weighted by Gasteiger charge is -2.34. The van der Waals surface area contributed by atoms with E-state index in [1.54, 1.807) is 0 Å². The number of hydrogen-bond donors (Lipinski definition) is 1. The van der Waals surface area contributed by atoms with E-state index in [0.29, 0.717) is 22.7 Å². The standard InChI is InChI=1S/C16H18BrClN4OS2/c1-15(2,3)25(23)22-16(4,14-11(18)5-13(17)24-14)6-12-10(7-19)8-20-9-21-12/h5,8-9,22H,6H2,1-4H3/t16-,25?/m0/s1. The van der Waals surface area contributed by atoms with Crippen LogP contribution in [0.5, 0.6) is 0 Å². The van der Waals surface area contributed by atoms with Gasteiger partial charge in [0, 0.05) is 28.9 Å². The van der Waals surface area contributed by atoms with Gasteiger partial charge in [-0.25, -0.2) is 9.97 Å². The SMILES string of the molecule is CC(C)(C)[S+]([O-])N[C@@](C)(Cc1ncncc1C#N)c1sc(Br)cc1Cl. The van der Waals surface area contributed by atoms with Gasteiger partial charge in [-0.15, -0.1) is 16.1 Å². The largest absolute Gasteiger partial charge is 0.598 e. The highest BCUT2D eigenvalue weighted by atomic mass is 79.9. The van der Waals surface area contributed by atoms with E-state index < -0.39 is 21.6 Å². The van der Waals surface area contributed by atoms with Gasteiger partial charge in [0.2, 0.25) is 0 Å². The molecule has 0 fully saturated rings. The number of rotatable bonds is 5. The van der Waals surface area contributed by atoms with Crippen LogP contribution < -0.4 is 4.72 Å². The summed E-state index contributed by atoms with van der Waals surface area (Å²) >= 11 is 9.99. The quantitative estimate of drug-likeness (QED) is 0.670. The number of nitrogens with one attached hydrogen (secondary N) is 1. The van der Waals surface area contributed by atoms with E-state index in [2.05, 4.69) is 36.7 Å². The van der Waals surface area contributed by atoms with Crippen LogP contribution in [0.1, 0.15) is 43.8 Å². The molecule has 2 aromatic rings. The van der Waals surface area contributed by atoms with Gasteiger partial charge in [0.25, 0.3) is 0 Å². The highest BCUT2D eigenvalue weighted by Crippen LogP contribution is 2.41. The number of nitriles is 1. The van der Waals surface area contributed by atoms with Crippen molar-refractivity contribution in [2.75, 3.05) is 0 Å². The Hall–Kier alpha value is -0.690. The smallest absolute Gasteiger partial charge is 0.136 e. The molecule has 0 amide bonds. The van der Waals surface area contributed by atoms with Crippen molar-refractivity contribution in [2.24, 2.45) is 0 Å². The molecular formula is C16H18BrClN4OS2. The van der Waals surface area contributed by atoms with Crippen LogP contribution in [0.15, 0.2) is 22.4 Å². The third-order valence-electron chi connectivity index (χ3n) is 3.47. The Morgan fingerprint density at radius 3 is 2.64 bits per heavy atom. The first kappa shape index (κ1) is 20.6. The summed E-state index contributed by atoms with van der Waals surface area (Å²) in [6.07, 6.45) is 3.24.